The molecule has 0 radical (unpaired) electrons. The lowest BCUT2D eigenvalue weighted by atomic mass is 9.95. The Labute approximate surface area is 254 Å². The number of rotatable bonds is 11. The first-order valence-electron chi connectivity index (χ1n) is 13.8. The van der Waals surface area contributed by atoms with Gasteiger partial charge in [0, 0.05) is 19.6 Å². The van der Waals surface area contributed by atoms with Crippen LogP contribution < -0.4 is 35.6 Å². The third-order valence-corrected chi connectivity index (χ3v) is 7.95. The molecule has 0 bridgehead atoms. The van der Waals surface area contributed by atoms with Gasteiger partial charge < -0.3 is 29.6 Å². The van der Waals surface area contributed by atoms with E-state index in [1.165, 1.54) is 31.4 Å². The highest BCUT2D eigenvalue weighted by molar-refractivity contribution is 7.15. The lowest BCUT2D eigenvalue weighted by molar-refractivity contribution is -0.120. The molecule has 1 aromatic heterocycles. The van der Waals surface area contributed by atoms with Crippen molar-refractivity contribution in [3.63, 3.8) is 0 Å². The Hall–Kier alpha value is -4.23. The number of hydrogen-bond acceptors (Lipinski definition) is 11. The summed E-state index contributed by atoms with van der Waals surface area (Å²) >= 11 is 1.21. The summed E-state index contributed by atoms with van der Waals surface area (Å²) in [6, 6.07) is 5.66. The molecule has 0 spiro atoms. The molecule has 230 valence electrons. The summed E-state index contributed by atoms with van der Waals surface area (Å²) in [5, 5.41) is 17.9. The van der Waals surface area contributed by atoms with Gasteiger partial charge in [-0.25, -0.2) is 0 Å². The highest BCUT2D eigenvalue weighted by atomic mass is 32.1. The molecule has 1 aliphatic rings. The highest BCUT2D eigenvalue weighted by Gasteiger charge is 2.30. The molecule has 0 aliphatic heterocycles. The number of amides is 2. The molecule has 43 heavy (non-hydrogen) atoms. The molecular weight excluding hydrogens is 574 g/mol. The van der Waals surface area contributed by atoms with Crippen LogP contribution in [-0.4, -0.2) is 56.5 Å². The maximum atomic E-state index is 13.7. The first kappa shape index (κ1) is 31.7. The van der Waals surface area contributed by atoms with Crippen LogP contribution in [-0.2, 0) is 27.4 Å². The van der Waals surface area contributed by atoms with Gasteiger partial charge in [0.2, 0.25) is 28.1 Å². The van der Waals surface area contributed by atoms with Crippen LogP contribution in [0.5, 0.6) is 17.2 Å². The highest BCUT2D eigenvalue weighted by Crippen LogP contribution is 2.50. The molecule has 0 fully saturated rings. The number of methoxy groups -OCH3 is 4. The Morgan fingerprint density at radius 2 is 1.79 bits per heavy atom. The van der Waals surface area contributed by atoms with E-state index in [0.717, 1.165) is 11.1 Å². The minimum atomic E-state index is -0.762. The molecule has 2 aromatic carbocycles. The fourth-order valence-electron chi connectivity index (χ4n) is 5.20. The summed E-state index contributed by atoms with van der Waals surface area (Å²) in [5.41, 5.74) is 2.87. The van der Waals surface area contributed by atoms with Crippen molar-refractivity contribution in [1.29, 1.82) is 0 Å². The van der Waals surface area contributed by atoms with Gasteiger partial charge in [-0.15, -0.1) is 10.2 Å². The second kappa shape index (κ2) is 13.8. The molecule has 3 aromatic rings. The van der Waals surface area contributed by atoms with E-state index >= 15 is 0 Å². The number of fused-ring (bicyclic) bond motifs is 3. The number of aryl methyl sites for hydroxylation is 1. The number of nitrogens with one attached hydrogen (secondary N) is 3. The summed E-state index contributed by atoms with van der Waals surface area (Å²) < 4.78 is 22.2. The van der Waals surface area contributed by atoms with Crippen LogP contribution >= 0.6 is 11.3 Å². The van der Waals surface area contributed by atoms with Crippen LogP contribution in [0.25, 0.3) is 11.1 Å². The Balaban J connectivity index is 1.81. The van der Waals surface area contributed by atoms with Gasteiger partial charge in [-0.2, -0.15) is 0 Å². The number of nitrogens with zero attached hydrogens (tertiary/aromatic N) is 2. The predicted octanol–water partition coefficient (Wildman–Crippen LogP) is 3.94. The van der Waals surface area contributed by atoms with Crippen molar-refractivity contribution in [1.82, 2.24) is 15.5 Å². The molecule has 1 heterocycles. The Morgan fingerprint density at radius 1 is 1.05 bits per heavy atom. The van der Waals surface area contributed by atoms with E-state index in [4.69, 9.17) is 18.9 Å². The van der Waals surface area contributed by atoms with E-state index in [-0.39, 0.29) is 35.5 Å². The van der Waals surface area contributed by atoms with Gasteiger partial charge in [-0.1, -0.05) is 31.3 Å². The van der Waals surface area contributed by atoms with Crippen molar-refractivity contribution in [2.24, 2.45) is 5.92 Å². The van der Waals surface area contributed by atoms with E-state index in [1.807, 2.05) is 26.0 Å². The van der Waals surface area contributed by atoms with Crippen LogP contribution in [0.1, 0.15) is 49.4 Å². The second-order valence-corrected chi connectivity index (χ2v) is 11.4. The van der Waals surface area contributed by atoms with Gasteiger partial charge in [-0.3, -0.25) is 19.7 Å². The largest absolute Gasteiger partial charge is 0.493 e. The molecule has 2 atom stereocenters. The van der Waals surface area contributed by atoms with Crippen molar-refractivity contribution >= 4 is 34.0 Å². The van der Waals surface area contributed by atoms with E-state index in [2.05, 4.69) is 26.1 Å². The summed E-state index contributed by atoms with van der Waals surface area (Å²) in [5.74, 6) is 0.630. The topological polar surface area (TPSA) is 150 Å². The van der Waals surface area contributed by atoms with Gasteiger partial charge in [0.1, 0.15) is 17.7 Å². The van der Waals surface area contributed by atoms with Crippen molar-refractivity contribution in [3.8, 4) is 28.4 Å². The standard InChI is InChI=1S/C30H37N5O7S/c1-15(2)26(29(38)33-30-35-34-24(43-30)14-39-4)32-21-11-9-18-19(13-22(21)37)20(31-16(3)36)10-8-17-12-23(40-5)27(41-6)28(42-7)25(17)18/h9,11-13,15,20,26H,8,10,14H2,1-7H3,(H,31,36)(H,32,37)(H,33,35,38)/t20-,26+/m1/s1. The van der Waals surface area contributed by atoms with Gasteiger partial charge >= 0.3 is 0 Å². The first-order valence-corrected chi connectivity index (χ1v) is 14.6. The van der Waals surface area contributed by atoms with Crippen molar-refractivity contribution in [3.05, 3.63) is 50.6 Å². The fraction of sp³-hybridized carbons (Fsp3) is 0.433. The van der Waals surface area contributed by atoms with Crippen molar-refractivity contribution in [2.45, 2.75) is 52.3 Å². The normalized spacial score (nSPS) is 14.6. The quantitative estimate of drug-likeness (QED) is 0.291. The fourth-order valence-corrected chi connectivity index (χ4v) is 5.91. The monoisotopic (exact) mass is 611 g/mol. The van der Waals surface area contributed by atoms with Crippen LogP contribution in [0.2, 0.25) is 0 Å². The first-order chi connectivity index (χ1) is 20.6. The van der Waals surface area contributed by atoms with Gasteiger partial charge in [0.05, 0.1) is 33.1 Å². The number of aromatic nitrogens is 2. The van der Waals surface area contributed by atoms with Crippen LogP contribution in [0.4, 0.5) is 10.8 Å². The molecule has 13 heteroatoms. The van der Waals surface area contributed by atoms with Crippen molar-refractivity contribution in [2.75, 3.05) is 39.1 Å². The zero-order valence-electron chi connectivity index (χ0n) is 25.3. The van der Waals surface area contributed by atoms with Crippen LogP contribution in [0.15, 0.2) is 29.1 Å². The maximum Gasteiger partial charge on any atom is 0.248 e. The second-order valence-electron chi connectivity index (χ2n) is 10.4. The molecule has 3 N–H and O–H groups in total. The predicted molar refractivity (Wildman–Crippen MR) is 164 cm³/mol. The molecule has 0 saturated carbocycles. The van der Waals surface area contributed by atoms with Gasteiger partial charge in [0.15, 0.2) is 11.5 Å². The molecule has 4 rings (SSSR count). The summed E-state index contributed by atoms with van der Waals surface area (Å²) in [4.78, 5) is 39.3. The maximum absolute atomic E-state index is 13.7. The minimum absolute atomic E-state index is 0.182. The lowest BCUT2D eigenvalue weighted by Gasteiger charge is -2.21. The van der Waals surface area contributed by atoms with Crippen LogP contribution in [0.3, 0.4) is 0 Å². The third-order valence-electron chi connectivity index (χ3n) is 7.14. The van der Waals surface area contributed by atoms with Crippen molar-refractivity contribution < 1.29 is 28.5 Å². The number of ether oxygens (including phenoxy) is 4. The van der Waals surface area contributed by atoms with E-state index in [0.29, 0.717) is 51.4 Å². The summed E-state index contributed by atoms with van der Waals surface area (Å²) in [7, 11) is 6.19. The van der Waals surface area contributed by atoms with Gasteiger partial charge in [-0.05, 0) is 53.6 Å². The van der Waals surface area contributed by atoms with E-state index in [9.17, 15) is 14.4 Å². The molecular formula is C30H37N5O7S. The Kier molecular flexibility index (Phi) is 10.2. The van der Waals surface area contributed by atoms with Crippen LogP contribution in [0, 0.1) is 5.92 Å². The number of carbonyl (C=O) groups is 2. The average molecular weight is 612 g/mol. The number of anilines is 2. The zero-order valence-corrected chi connectivity index (χ0v) is 26.1. The van der Waals surface area contributed by atoms with E-state index < -0.39 is 12.1 Å². The lowest BCUT2D eigenvalue weighted by Crippen LogP contribution is -2.39. The summed E-state index contributed by atoms with van der Waals surface area (Å²) in [6.07, 6.45) is 1.12. The minimum Gasteiger partial charge on any atom is -0.493 e. The van der Waals surface area contributed by atoms with E-state index in [1.54, 1.807) is 27.4 Å². The molecule has 0 unspecified atom stereocenters. The smallest absolute Gasteiger partial charge is 0.248 e. The number of hydrogen-bond donors (Lipinski definition) is 3. The Morgan fingerprint density at radius 3 is 2.42 bits per heavy atom. The molecule has 12 nitrogen and oxygen atoms in total. The zero-order chi connectivity index (χ0) is 31.3. The number of carbonyl (C=O) groups excluding carboxylic acids is 2. The molecule has 1 aliphatic carbocycles. The molecule has 0 saturated heterocycles. The SMILES string of the molecule is COCc1nnc(NC(=O)[C@@H](Nc2ccc3c(cc2=O)[C@H](NC(C)=O)CCc2cc(OC)c(OC)c(OC)c2-3)C(C)C)s1. The Bertz CT molecular complexity index is 1560. The molecule has 2 amide bonds. The summed E-state index contributed by atoms with van der Waals surface area (Å²) in [6.45, 7) is 5.49. The third kappa shape index (κ3) is 6.89. The van der Waals surface area contributed by atoms with Gasteiger partial charge in [0.25, 0.3) is 0 Å². The average Bonchev–Trinajstić information content (AvgIpc) is 3.27. The number of benzene rings is 1.